The van der Waals surface area contributed by atoms with Gasteiger partial charge in [0, 0.05) is 29.7 Å². The first-order valence-electron chi connectivity index (χ1n) is 6.74. The molecule has 2 rings (SSSR count). The van der Waals surface area contributed by atoms with E-state index in [-0.39, 0.29) is 10.6 Å². The lowest BCUT2D eigenvalue weighted by atomic mass is 9.98. The molecule has 1 heterocycles. The van der Waals surface area contributed by atoms with Crippen LogP contribution >= 0.6 is 15.9 Å². The van der Waals surface area contributed by atoms with E-state index in [4.69, 9.17) is 0 Å². The van der Waals surface area contributed by atoms with E-state index >= 15 is 0 Å². The smallest absolute Gasteiger partial charge is 0.270 e. The number of halogens is 1. The van der Waals surface area contributed by atoms with E-state index in [1.54, 1.807) is 12.1 Å². The zero-order valence-electron chi connectivity index (χ0n) is 11.4. The molecule has 1 aromatic carbocycles. The maximum atomic E-state index is 10.9. The van der Waals surface area contributed by atoms with Gasteiger partial charge in [0.05, 0.1) is 10.6 Å². The number of benzene rings is 1. The summed E-state index contributed by atoms with van der Waals surface area (Å²) in [5.41, 5.74) is 2.35. The van der Waals surface area contributed by atoms with Crippen molar-refractivity contribution in [3.05, 3.63) is 32.3 Å². The van der Waals surface area contributed by atoms with Crippen LogP contribution in [0.2, 0.25) is 0 Å². The van der Waals surface area contributed by atoms with Gasteiger partial charge in [0.25, 0.3) is 5.69 Å². The Balaban J connectivity index is 2.41. The molecule has 4 nitrogen and oxygen atoms in total. The molecule has 104 valence electrons. The number of aryl methyl sites for hydroxylation is 1. The highest BCUT2D eigenvalue weighted by molar-refractivity contribution is 9.10. The lowest BCUT2D eigenvalue weighted by Gasteiger charge is -2.34. The van der Waals surface area contributed by atoms with Gasteiger partial charge in [-0.1, -0.05) is 13.8 Å². The maximum Gasteiger partial charge on any atom is 0.270 e. The Bertz CT molecular complexity index is 491. The van der Waals surface area contributed by atoms with Gasteiger partial charge in [-0.15, -0.1) is 0 Å². The van der Waals surface area contributed by atoms with Crippen molar-refractivity contribution >= 4 is 27.3 Å². The zero-order chi connectivity index (χ0) is 14.0. The van der Waals surface area contributed by atoms with Gasteiger partial charge in [-0.3, -0.25) is 10.1 Å². The Hall–Kier alpha value is -1.10. The molecule has 1 fully saturated rings. The second kappa shape index (κ2) is 5.90. The lowest BCUT2D eigenvalue weighted by molar-refractivity contribution is -0.385. The monoisotopic (exact) mass is 326 g/mol. The first kappa shape index (κ1) is 14.3. The van der Waals surface area contributed by atoms with E-state index in [0.29, 0.717) is 5.92 Å². The molecule has 0 aliphatic carbocycles. The molecule has 0 bridgehead atoms. The molecular formula is C14H19BrN2O2. The molecule has 0 unspecified atom stereocenters. The number of hydrogen-bond acceptors (Lipinski definition) is 3. The van der Waals surface area contributed by atoms with Crippen LogP contribution in [0.5, 0.6) is 0 Å². The molecule has 1 saturated heterocycles. The fourth-order valence-corrected chi connectivity index (χ4v) is 3.50. The number of piperidine rings is 1. The van der Waals surface area contributed by atoms with Crippen LogP contribution in [-0.4, -0.2) is 18.0 Å². The average molecular weight is 327 g/mol. The van der Waals surface area contributed by atoms with Gasteiger partial charge in [-0.05, 0) is 46.7 Å². The largest absolute Gasteiger partial charge is 0.370 e. The van der Waals surface area contributed by atoms with Gasteiger partial charge in [0.15, 0.2) is 0 Å². The molecule has 1 aliphatic heterocycles. The quantitative estimate of drug-likeness (QED) is 0.619. The Morgan fingerprint density at radius 3 is 2.84 bits per heavy atom. The van der Waals surface area contributed by atoms with E-state index in [9.17, 15) is 10.1 Å². The fourth-order valence-electron chi connectivity index (χ4n) is 2.76. The second-order valence-corrected chi connectivity index (χ2v) is 6.09. The van der Waals surface area contributed by atoms with Crippen molar-refractivity contribution in [2.24, 2.45) is 5.92 Å². The van der Waals surface area contributed by atoms with Crippen molar-refractivity contribution in [2.45, 2.75) is 33.1 Å². The topological polar surface area (TPSA) is 46.4 Å². The number of nitro benzene ring substituents is 1. The Kier molecular flexibility index (Phi) is 4.45. The van der Waals surface area contributed by atoms with Gasteiger partial charge in [-0.2, -0.15) is 0 Å². The third-order valence-electron chi connectivity index (χ3n) is 3.69. The molecule has 1 aliphatic rings. The molecule has 0 amide bonds. The van der Waals surface area contributed by atoms with Crippen molar-refractivity contribution in [3.63, 3.8) is 0 Å². The summed E-state index contributed by atoms with van der Waals surface area (Å²) in [6.07, 6.45) is 3.26. The number of rotatable bonds is 3. The summed E-state index contributed by atoms with van der Waals surface area (Å²) in [7, 11) is 0. The molecule has 0 radical (unpaired) electrons. The third-order valence-corrected chi connectivity index (χ3v) is 4.30. The van der Waals surface area contributed by atoms with Crippen LogP contribution in [0.1, 0.15) is 32.3 Å². The van der Waals surface area contributed by atoms with Gasteiger partial charge in [0.2, 0.25) is 0 Å². The van der Waals surface area contributed by atoms with Crippen LogP contribution in [0.25, 0.3) is 0 Å². The minimum absolute atomic E-state index is 0.164. The van der Waals surface area contributed by atoms with Crippen LogP contribution in [-0.2, 0) is 6.42 Å². The summed E-state index contributed by atoms with van der Waals surface area (Å²) in [4.78, 5) is 13.0. The molecule has 0 N–H and O–H groups in total. The number of hydrogen-bond donors (Lipinski definition) is 0. The molecule has 0 spiro atoms. The fraction of sp³-hybridized carbons (Fsp3) is 0.571. The number of nitrogens with zero attached hydrogens (tertiary/aromatic N) is 2. The summed E-state index contributed by atoms with van der Waals surface area (Å²) >= 11 is 3.52. The average Bonchev–Trinajstić information content (AvgIpc) is 2.37. The zero-order valence-corrected chi connectivity index (χ0v) is 12.9. The molecular weight excluding hydrogens is 308 g/mol. The highest BCUT2D eigenvalue weighted by Gasteiger charge is 2.23. The van der Waals surface area contributed by atoms with Crippen LogP contribution in [0.15, 0.2) is 16.6 Å². The summed E-state index contributed by atoms with van der Waals surface area (Å²) in [6, 6.07) is 3.33. The molecule has 1 aromatic rings. The van der Waals surface area contributed by atoms with Gasteiger partial charge < -0.3 is 4.90 Å². The molecule has 0 aromatic heterocycles. The maximum absolute atomic E-state index is 10.9. The van der Waals surface area contributed by atoms with E-state index in [1.165, 1.54) is 12.8 Å². The van der Waals surface area contributed by atoms with Gasteiger partial charge in [-0.25, -0.2) is 0 Å². The Labute approximate surface area is 122 Å². The number of anilines is 1. The Morgan fingerprint density at radius 1 is 1.53 bits per heavy atom. The SMILES string of the molecule is CCc1cc([N+](=O)[O-])cc(Br)c1N1CCC[C@H](C)C1. The second-order valence-electron chi connectivity index (χ2n) is 5.24. The standard InChI is InChI=1S/C14H19BrN2O2/c1-3-11-7-12(17(18)19)8-13(15)14(11)16-6-4-5-10(2)9-16/h7-8,10H,3-6,9H2,1-2H3/t10-/m0/s1. The summed E-state index contributed by atoms with van der Waals surface area (Å²) in [5, 5.41) is 10.9. The normalized spacial score (nSPS) is 19.5. The number of nitro groups is 1. The molecule has 0 saturated carbocycles. The van der Waals surface area contributed by atoms with Crippen LogP contribution in [0, 0.1) is 16.0 Å². The van der Waals surface area contributed by atoms with E-state index in [2.05, 4.69) is 27.8 Å². The minimum Gasteiger partial charge on any atom is -0.370 e. The minimum atomic E-state index is -0.327. The van der Waals surface area contributed by atoms with E-state index < -0.39 is 0 Å². The van der Waals surface area contributed by atoms with Gasteiger partial charge in [0.1, 0.15) is 0 Å². The first-order chi connectivity index (χ1) is 9.02. The van der Waals surface area contributed by atoms with Crippen molar-refractivity contribution in [2.75, 3.05) is 18.0 Å². The number of non-ortho nitro benzene ring substituents is 1. The molecule has 1 atom stereocenters. The van der Waals surface area contributed by atoms with E-state index in [0.717, 1.165) is 35.2 Å². The van der Waals surface area contributed by atoms with E-state index in [1.807, 2.05) is 6.92 Å². The van der Waals surface area contributed by atoms with Crippen LogP contribution in [0.3, 0.4) is 0 Å². The van der Waals surface area contributed by atoms with Crippen LogP contribution < -0.4 is 4.90 Å². The summed E-state index contributed by atoms with van der Waals surface area (Å²) in [5.74, 6) is 0.681. The molecule has 19 heavy (non-hydrogen) atoms. The van der Waals surface area contributed by atoms with Crippen molar-refractivity contribution in [1.82, 2.24) is 0 Å². The predicted molar refractivity (Wildman–Crippen MR) is 80.8 cm³/mol. The highest BCUT2D eigenvalue weighted by atomic mass is 79.9. The predicted octanol–water partition coefficient (Wildman–Crippen LogP) is 4.16. The first-order valence-corrected chi connectivity index (χ1v) is 7.54. The van der Waals surface area contributed by atoms with Crippen LogP contribution in [0.4, 0.5) is 11.4 Å². The highest BCUT2D eigenvalue weighted by Crippen LogP contribution is 2.36. The Morgan fingerprint density at radius 2 is 2.26 bits per heavy atom. The van der Waals surface area contributed by atoms with Gasteiger partial charge >= 0.3 is 0 Å². The summed E-state index contributed by atoms with van der Waals surface area (Å²) in [6.45, 7) is 6.37. The summed E-state index contributed by atoms with van der Waals surface area (Å²) < 4.78 is 0.840. The van der Waals surface area contributed by atoms with Crippen molar-refractivity contribution < 1.29 is 4.92 Å². The van der Waals surface area contributed by atoms with Crippen molar-refractivity contribution in [1.29, 1.82) is 0 Å². The lowest BCUT2D eigenvalue weighted by Crippen LogP contribution is -2.35. The third kappa shape index (κ3) is 3.08. The van der Waals surface area contributed by atoms with Crippen molar-refractivity contribution in [3.8, 4) is 0 Å². The molecule has 5 heteroatoms.